The van der Waals surface area contributed by atoms with Crippen molar-refractivity contribution in [1.29, 1.82) is 0 Å². The fraction of sp³-hybridized carbons (Fsp3) is 0.0769. The van der Waals surface area contributed by atoms with Gasteiger partial charge in [-0.15, -0.1) is 5.10 Å². The number of rotatable bonds is 3. The molecule has 9 nitrogen and oxygen atoms in total. The molecule has 10 heteroatoms. The highest BCUT2D eigenvalue weighted by Crippen LogP contribution is 2.49. The Morgan fingerprint density at radius 2 is 2.03 bits per heavy atom. The van der Waals surface area contributed by atoms with E-state index in [0.29, 0.717) is 56.5 Å². The van der Waals surface area contributed by atoms with E-state index >= 15 is 0 Å². The highest BCUT2D eigenvalue weighted by molar-refractivity contribution is 7.08. The molecule has 0 saturated carbocycles. The number of ether oxygens (including phenoxy) is 2. The highest BCUT2D eigenvalue weighted by atomic mass is 32.1. The average molecular weight is 497 g/mol. The Morgan fingerprint density at radius 1 is 1.14 bits per heavy atom. The number of methoxy groups -OCH3 is 1. The lowest BCUT2D eigenvalue weighted by atomic mass is 9.85. The van der Waals surface area contributed by atoms with Gasteiger partial charge in [-0.2, -0.15) is 11.3 Å². The standard InChI is InChI=1S/C26H16N4O5S/c1-33-18-7-6-13(10-16(18)31)23-28-24-21-19(14-8-9-36-11-14)20-22(35-25(21)27-12-30(24)29-23)15-4-2-3-5-17(15)34-26(20)32/h2-12,19,31H,1H3. The minimum absolute atomic E-state index is 0.0214. The van der Waals surface area contributed by atoms with E-state index in [1.54, 1.807) is 28.8 Å². The molecular weight excluding hydrogens is 480 g/mol. The number of hydrogen-bond acceptors (Lipinski definition) is 9. The van der Waals surface area contributed by atoms with Gasteiger partial charge in [0.15, 0.2) is 28.7 Å². The summed E-state index contributed by atoms with van der Waals surface area (Å²) in [6.45, 7) is 0. The smallest absolute Gasteiger partial charge is 0.344 e. The fourth-order valence-corrected chi connectivity index (χ4v) is 5.34. The summed E-state index contributed by atoms with van der Waals surface area (Å²) < 4.78 is 18.6. The maximum atomic E-state index is 13.3. The molecule has 1 atom stereocenters. The second kappa shape index (κ2) is 7.65. The van der Waals surface area contributed by atoms with E-state index in [-0.39, 0.29) is 5.75 Å². The Hall–Kier alpha value is -4.70. The first kappa shape index (κ1) is 20.7. The number of fused-ring (bicyclic) bond motifs is 6. The van der Waals surface area contributed by atoms with Gasteiger partial charge in [0.2, 0.25) is 5.88 Å². The largest absolute Gasteiger partial charge is 0.504 e. The summed E-state index contributed by atoms with van der Waals surface area (Å²) in [6.07, 6.45) is 1.53. The molecule has 176 valence electrons. The Labute approximate surface area is 206 Å². The summed E-state index contributed by atoms with van der Waals surface area (Å²) >= 11 is 1.53. The molecule has 4 aromatic heterocycles. The molecular formula is C26H16N4O5S. The number of hydrogen-bond donors (Lipinski definition) is 1. The SMILES string of the molecule is COc1ccc(-c2nc3c4c(ncn3n2)Oc2c(c(=O)oc3ccccc23)C4c2ccsc2)cc1O. The quantitative estimate of drug-likeness (QED) is 0.342. The minimum atomic E-state index is -0.520. The summed E-state index contributed by atoms with van der Waals surface area (Å²) in [6, 6.07) is 14.2. The first-order valence-electron chi connectivity index (χ1n) is 11.0. The van der Waals surface area contributed by atoms with Gasteiger partial charge in [0.25, 0.3) is 0 Å². The summed E-state index contributed by atoms with van der Waals surface area (Å²) in [4.78, 5) is 22.6. The number of aromatic hydroxyl groups is 1. The number of para-hydroxylation sites is 1. The van der Waals surface area contributed by atoms with Crippen molar-refractivity contribution < 1.29 is 19.0 Å². The third-order valence-corrected chi connectivity index (χ3v) is 6.98. The van der Waals surface area contributed by atoms with E-state index in [1.165, 1.54) is 30.8 Å². The van der Waals surface area contributed by atoms with Crippen LogP contribution in [0.2, 0.25) is 0 Å². The van der Waals surface area contributed by atoms with Crippen LogP contribution in [0.25, 0.3) is 28.0 Å². The molecule has 0 fully saturated rings. The average Bonchev–Trinajstić information content (AvgIpc) is 3.58. The second-order valence-corrected chi connectivity index (χ2v) is 9.05. The van der Waals surface area contributed by atoms with Crippen molar-refractivity contribution in [3.8, 4) is 34.5 Å². The highest BCUT2D eigenvalue weighted by Gasteiger charge is 2.37. The second-order valence-electron chi connectivity index (χ2n) is 8.27. The van der Waals surface area contributed by atoms with Crippen molar-refractivity contribution in [3.63, 3.8) is 0 Å². The molecule has 0 saturated heterocycles. The van der Waals surface area contributed by atoms with Gasteiger partial charge in [-0.1, -0.05) is 12.1 Å². The van der Waals surface area contributed by atoms with Crippen LogP contribution in [0.4, 0.5) is 0 Å². The molecule has 6 aromatic rings. The van der Waals surface area contributed by atoms with Crippen LogP contribution < -0.4 is 15.1 Å². The molecule has 2 aromatic carbocycles. The van der Waals surface area contributed by atoms with Crippen LogP contribution in [0.15, 0.2) is 74.8 Å². The Bertz CT molecular complexity index is 1860. The predicted molar refractivity (Wildman–Crippen MR) is 132 cm³/mol. The van der Waals surface area contributed by atoms with E-state index < -0.39 is 11.5 Å². The number of aromatic nitrogens is 4. The van der Waals surface area contributed by atoms with Gasteiger partial charge in [0.1, 0.15) is 11.9 Å². The Morgan fingerprint density at radius 3 is 2.83 bits per heavy atom. The zero-order valence-corrected chi connectivity index (χ0v) is 19.5. The number of thiophene rings is 1. The molecule has 1 aliphatic rings. The monoisotopic (exact) mass is 496 g/mol. The summed E-state index contributed by atoms with van der Waals surface area (Å²) in [5, 5.41) is 19.4. The van der Waals surface area contributed by atoms with Gasteiger partial charge in [0, 0.05) is 5.56 Å². The maximum Gasteiger partial charge on any atom is 0.344 e. The van der Waals surface area contributed by atoms with Gasteiger partial charge in [-0.05, 0) is 52.7 Å². The van der Waals surface area contributed by atoms with Crippen molar-refractivity contribution in [2.24, 2.45) is 0 Å². The summed E-state index contributed by atoms with van der Waals surface area (Å²) in [5.41, 5.74) is 2.95. The molecule has 0 bridgehead atoms. The lowest BCUT2D eigenvalue weighted by molar-refractivity contribution is 0.373. The van der Waals surface area contributed by atoms with Crippen molar-refractivity contribution in [2.75, 3.05) is 7.11 Å². The maximum absolute atomic E-state index is 13.3. The van der Waals surface area contributed by atoms with Gasteiger partial charge >= 0.3 is 5.63 Å². The topological polar surface area (TPSA) is 112 Å². The van der Waals surface area contributed by atoms with Gasteiger partial charge < -0.3 is 19.0 Å². The molecule has 1 unspecified atom stereocenters. The molecule has 7 rings (SSSR count). The van der Waals surface area contributed by atoms with Crippen molar-refractivity contribution in [1.82, 2.24) is 19.6 Å². The number of benzene rings is 2. The Kier molecular flexibility index (Phi) is 4.39. The molecule has 1 aliphatic heterocycles. The van der Waals surface area contributed by atoms with Crippen LogP contribution in [0.5, 0.6) is 23.1 Å². The molecule has 0 aliphatic carbocycles. The lowest BCUT2D eigenvalue weighted by Crippen LogP contribution is -2.22. The zero-order valence-electron chi connectivity index (χ0n) is 18.7. The molecule has 1 N–H and O–H groups in total. The molecule has 5 heterocycles. The van der Waals surface area contributed by atoms with Crippen LogP contribution in [0.1, 0.15) is 22.6 Å². The molecule has 0 amide bonds. The molecule has 0 radical (unpaired) electrons. The van der Waals surface area contributed by atoms with Crippen LogP contribution in [-0.4, -0.2) is 31.8 Å². The first-order valence-corrected chi connectivity index (χ1v) is 11.9. The number of phenols is 1. The lowest BCUT2D eigenvalue weighted by Gasteiger charge is -2.26. The van der Waals surface area contributed by atoms with Crippen LogP contribution in [0, 0.1) is 0 Å². The number of nitrogens with zero attached hydrogens (tertiary/aromatic N) is 4. The van der Waals surface area contributed by atoms with Gasteiger partial charge in [-0.25, -0.2) is 19.3 Å². The molecule has 0 spiro atoms. The summed E-state index contributed by atoms with van der Waals surface area (Å²) in [7, 11) is 1.48. The normalized spacial score (nSPS) is 14.4. The van der Waals surface area contributed by atoms with E-state index in [2.05, 4.69) is 10.1 Å². The van der Waals surface area contributed by atoms with Gasteiger partial charge in [-0.3, -0.25) is 0 Å². The van der Waals surface area contributed by atoms with Gasteiger partial charge in [0.05, 0.1) is 29.5 Å². The van der Waals surface area contributed by atoms with Crippen molar-refractivity contribution >= 4 is 28.0 Å². The van der Waals surface area contributed by atoms with Crippen LogP contribution in [0.3, 0.4) is 0 Å². The third-order valence-electron chi connectivity index (χ3n) is 6.28. The van der Waals surface area contributed by atoms with E-state index in [9.17, 15) is 9.90 Å². The zero-order chi connectivity index (χ0) is 24.4. The van der Waals surface area contributed by atoms with E-state index in [4.69, 9.17) is 18.9 Å². The third kappa shape index (κ3) is 2.94. The number of phenolic OH excluding ortho intramolecular Hbond substituents is 1. The Balaban J connectivity index is 1.50. The van der Waals surface area contributed by atoms with Crippen molar-refractivity contribution in [2.45, 2.75) is 5.92 Å². The van der Waals surface area contributed by atoms with Crippen LogP contribution in [-0.2, 0) is 0 Å². The molecule has 36 heavy (non-hydrogen) atoms. The van der Waals surface area contributed by atoms with Crippen LogP contribution >= 0.6 is 11.3 Å². The van der Waals surface area contributed by atoms with Crippen molar-refractivity contribution in [3.05, 3.63) is 92.7 Å². The minimum Gasteiger partial charge on any atom is -0.504 e. The summed E-state index contributed by atoms with van der Waals surface area (Å²) in [5.74, 6) is 0.965. The first-order chi connectivity index (χ1) is 17.6. The van der Waals surface area contributed by atoms with E-state index in [0.717, 1.165) is 5.56 Å². The fourth-order valence-electron chi connectivity index (χ4n) is 4.65. The van der Waals surface area contributed by atoms with E-state index in [1.807, 2.05) is 29.0 Å². The predicted octanol–water partition coefficient (Wildman–Crippen LogP) is 4.96.